The van der Waals surface area contributed by atoms with E-state index in [9.17, 15) is 24.9 Å². The summed E-state index contributed by atoms with van der Waals surface area (Å²) in [5, 5.41) is 31.7. The van der Waals surface area contributed by atoms with Gasteiger partial charge in [0.05, 0.1) is 0 Å². The molecule has 1 aliphatic rings. The van der Waals surface area contributed by atoms with Gasteiger partial charge in [-0.3, -0.25) is 4.79 Å². The van der Waals surface area contributed by atoms with E-state index in [0.717, 1.165) is 42.0 Å². The largest absolute Gasteiger partial charge is 0.485 e. The monoisotopic (exact) mass is 592 g/mol. The van der Waals surface area contributed by atoms with Gasteiger partial charge in [0.15, 0.2) is 17.5 Å². The molecule has 230 valence electrons. The van der Waals surface area contributed by atoms with Crippen LogP contribution in [0.2, 0.25) is 0 Å². The second-order valence-electron chi connectivity index (χ2n) is 11.2. The number of aryl methyl sites for hydroxylation is 1. The summed E-state index contributed by atoms with van der Waals surface area (Å²) >= 11 is 1.09. The van der Waals surface area contributed by atoms with Gasteiger partial charge >= 0.3 is 5.63 Å². The molecule has 2 heterocycles. The average molecular weight is 593 g/mol. The van der Waals surface area contributed by atoms with Crippen LogP contribution in [0, 0.1) is 6.92 Å². The molecule has 0 aliphatic carbocycles. The van der Waals surface area contributed by atoms with Gasteiger partial charge in [-0.1, -0.05) is 95.7 Å². The summed E-state index contributed by atoms with van der Waals surface area (Å²) in [6, 6.07) is 6.36. The van der Waals surface area contributed by atoms with Crippen LogP contribution < -0.4 is 10.4 Å². The fraction of sp³-hybridized carbons (Fsp3) is 0.688. The first kappa shape index (κ1) is 33.6. The number of carbonyl (C=O) groups excluding carboxylic acids is 1. The minimum absolute atomic E-state index is 0.0217. The van der Waals surface area contributed by atoms with Gasteiger partial charge in [-0.25, -0.2) is 4.79 Å². The molecule has 2 aromatic rings. The molecule has 1 aliphatic heterocycles. The van der Waals surface area contributed by atoms with Crippen LogP contribution in [0.15, 0.2) is 33.5 Å². The molecule has 3 N–H and O–H groups in total. The van der Waals surface area contributed by atoms with Gasteiger partial charge < -0.3 is 29.2 Å². The number of ether oxygens (including phenoxy) is 2. The minimum Gasteiger partial charge on any atom is -0.485 e. The standard InChI is InChI=1S/C32H48O8S/c1-3-4-5-6-7-8-9-10-11-12-13-14-15-16-28(34)41-21-26-31(29(35)30(36)32(37)40-26)38-23-17-18-24-22(2)19-27(33)39-25(24)20-23/h17-20,26,29-32,35-37H,3-16,21H2,1-2H3/t26-,29-,30-,31-,32-/m1/s1. The number of thioether (sulfide) groups is 1. The van der Waals surface area contributed by atoms with Crippen molar-refractivity contribution in [1.29, 1.82) is 0 Å². The van der Waals surface area contributed by atoms with Crippen molar-refractivity contribution in [2.24, 2.45) is 0 Å². The van der Waals surface area contributed by atoms with E-state index in [1.54, 1.807) is 19.1 Å². The maximum Gasteiger partial charge on any atom is 0.336 e. The molecule has 0 spiro atoms. The van der Waals surface area contributed by atoms with Crippen molar-refractivity contribution < 1.29 is 34.0 Å². The van der Waals surface area contributed by atoms with E-state index >= 15 is 0 Å². The lowest BCUT2D eigenvalue weighted by molar-refractivity contribution is -0.271. The third-order valence-electron chi connectivity index (χ3n) is 7.75. The number of hydrogen-bond donors (Lipinski definition) is 3. The van der Waals surface area contributed by atoms with Crippen LogP contribution in [0.5, 0.6) is 5.75 Å². The predicted octanol–water partition coefficient (Wildman–Crippen LogP) is 6.03. The summed E-state index contributed by atoms with van der Waals surface area (Å²) in [5.74, 6) is 0.459. The molecule has 0 amide bonds. The Morgan fingerprint density at radius 1 is 0.878 bits per heavy atom. The van der Waals surface area contributed by atoms with Gasteiger partial charge in [-0.2, -0.15) is 0 Å². The lowest BCUT2D eigenvalue weighted by Gasteiger charge is -2.40. The van der Waals surface area contributed by atoms with Gasteiger partial charge in [0.1, 0.15) is 29.6 Å². The van der Waals surface area contributed by atoms with Crippen molar-refractivity contribution in [2.75, 3.05) is 5.75 Å². The first-order valence-corrected chi connectivity index (χ1v) is 16.3. The first-order chi connectivity index (χ1) is 19.8. The maximum absolute atomic E-state index is 12.5. The molecule has 3 rings (SSSR count). The van der Waals surface area contributed by atoms with E-state index in [2.05, 4.69) is 6.92 Å². The van der Waals surface area contributed by atoms with E-state index in [0.29, 0.717) is 17.8 Å². The van der Waals surface area contributed by atoms with Gasteiger partial charge in [0.25, 0.3) is 0 Å². The fourth-order valence-corrected chi connectivity index (χ4v) is 6.18. The van der Waals surface area contributed by atoms with Crippen LogP contribution in [0.4, 0.5) is 0 Å². The highest BCUT2D eigenvalue weighted by Crippen LogP contribution is 2.30. The van der Waals surface area contributed by atoms with E-state index in [4.69, 9.17) is 13.9 Å². The first-order valence-electron chi connectivity index (χ1n) is 15.4. The van der Waals surface area contributed by atoms with Gasteiger partial charge in [-0.05, 0) is 31.0 Å². The summed E-state index contributed by atoms with van der Waals surface area (Å²) in [7, 11) is 0. The predicted molar refractivity (Wildman–Crippen MR) is 162 cm³/mol. The number of carbonyl (C=O) groups is 1. The quantitative estimate of drug-likeness (QED) is 0.140. The average Bonchev–Trinajstić information content (AvgIpc) is 2.94. The molecule has 1 fully saturated rings. The minimum atomic E-state index is -1.59. The Morgan fingerprint density at radius 3 is 2.12 bits per heavy atom. The molecule has 1 aromatic carbocycles. The second-order valence-corrected chi connectivity index (χ2v) is 12.3. The van der Waals surface area contributed by atoms with Crippen molar-refractivity contribution in [3.63, 3.8) is 0 Å². The van der Waals surface area contributed by atoms with Crippen LogP contribution in [0.25, 0.3) is 11.0 Å². The number of hydrogen-bond acceptors (Lipinski definition) is 9. The van der Waals surface area contributed by atoms with Gasteiger partial charge in [0, 0.05) is 29.7 Å². The number of fused-ring (bicyclic) bond motifs is 1. The van der Waals surface area contributed by atoms with Crippen molar-refractivity contribution >= 4 is 27.8 Å². The van der Waals surface area contributed by atoms with Crippen LogP contribution in [0.3, 0.4) is 0 Å². The smallest absolute Gasteiger partial charge is 0.336 e. The highest BCUT2D eigenvalue weighted by molar-refractivity contribution is 8.13. The Hall–Kier alpha value is -1.91. The number of aliphatic hydroxyl groups excluding tert-OH is 3. The highest BCUT2D eigenvalue weighted by atomic mass is 32.2. The van der Waals surface area contributed by atoms with E-state index in [-0.39, 0.29) is 10.9 Å². The molecule has 0 saturated carbocycles. The molecule has 41 heavy (non-hydrogen) atoms. The third-order valence-corrected chi connectivity index (χ3v) is 8.77. The second kappa shape index (κ2) is 17.9. The van der Waals surface area contributed by atoms with Gasteiger partial charge in [-0.15, -0.1) is 0 Å². The Labute approximate surface area is 247 Å². The number of aliphatic hydroxyl groups is 3. The van der Waals surface area contributed by atoms with E-state index < -0.39 is 36.3 Å². The van der Waals surface area contributed by atoms with Crippen LogP contribution in [-0.2, 0) is 9.53 Å². The zero-order valence-corrected chi connectivity index (χ0v) is 25.4. The van der Waals surface area contributed by atoms with Gasteiger partial charge in [0.2, 0.25) is 0 Å². The zero-order chi connectivity index (χ0) is 29.6. The van der Waals surface area contributed by atoms with Crippen molar-refractivity contribution in [3.8, 4) is 5.75 Å². The number of rotatable bonds is 18. The summed E-state index contributed by atoms with van der Waals surface area (Å²) in [5.41, 5.74) is 0.611. The highest BCUT2D eigenvalue weighted by Gasteiger charge is 2.45. The number of unbranched alkanes of at least 4 members (excludes halogenated alkanes) is 12. The Balaban J connectivity index is 1.39. The van der Waals surface area contributed by atoms with Crippen LogP contribution >= 0.6 is 11.8 Å². The van der Waals surface area contributed by atoms with E-state index in [1.165, 1.54) is 76.3 Å². The molecule has 8 nitrogen and oxygen atoms in total. The number of benzene rings is 1. The zero-order valence-electron chi connectivity index (χ0n) is 24.6. The summed E-state index contributed by atoms with van der Waals surface area (Å²) in [6.45, 7) is 4.05. The van der Waals surface area contributed by atoms with Crippen LogP contribution in [0.1, 0.15) is 102 Å². The van der Waals surface area contributed by atoms with Crippen LogP contribution in [-0.4, -0.2) is 56.9 Å². The lowest BCUT2D eigenvalue weighted by atomic mass is 9.99. The van der Waals surface area contributed by atoms with E-state index in [1.807, 2.05) is 0 Å². The molecule has 1 saturated heterocycles. The molecule has 0 unspecified atom stereocenters. The molecule has 0 bridgehead atoms. The summed E-state index contributed by atoms with van der Waals surface area (Å²) in [6.07, 6.45) is 10.2. The Morgan fingerprint density at radius 2 is 1.49 bits per heavy atom. The topological polar surface area (TPSA) is 126 Å². The van der Waals surface area contributed by atoms with Crippen molar-refractivity contribution in [2.45, 2.75) is 134 Å². The van der Waals surface area contributed by atoms with Crippen molar-refractivity contribution in [1.82, 2.24) is 0 Å². The fourth-order valence-electron chi connectivity index (χ4n) is 5.27. The summed E-state index contributed by atoms with van der Waals surface area (Å²) < 4.78 is 16.8. The maximum atomic E-state index is 12.5. The SMILES string of the molecule is CCCCCCCCCCCCCCCC(=O)SC[C@H]1O[C@@H](O)[C@H](O)[C@@H](O)[C@@H]1Oc1ccc2c(C)cc(=O)oc2c1. The Bertz CT molecular complexity index is 1120. The lowest BCUT2D eigenvalue weighted by Crippen LogP contribution is -2.60. The molecular formula is C32H48O8S. The Kier molecular flexibility index (Phi) is 14.7. The third kappa shape index (κ3) is 11.0. The van der Waals surface area contributed by atoms with Crippen molar-refractivity contribution in [3.05, 3.63) is 40.2 Å². The normalized spacial score (nSPS) is 22.7. The molecule has 9 heteroatoms. The molecule has 1 aromatic heterocycles. The molecule has 5 atom stereocenters. The summed E-state index contributed by atoms with van der Waals surface area (Å²) in [4.78, 5) is 24.3. The molecule has 0 radical (unpaired) electrons. The molecular weight excluding hydrogens is 544 g/mol.